The van der Waals surface area contributed by atoms with Crippen LogP contribution in [0.1, 0.15) is 41.5 Å². The largest absolute Gasteiger partial charge is 0.490 e. The molecule has 3 N–H and O–H groups in total. The Labute approximate surface area is 118 Å². The van der Waals surface area contributed by atoms with Crippen molar-refractivity contribution in [2.45, 2.75) is 38.8 Å². The van der Waals surface area contributed by atoms with E-state index < -0.39 is 0 Å². The normalized spacial score (nSPS) is 16.1. The summed E-state index contributed by atoms with van der Waals surface area (Å²) in [6.07, 6.45) is 2.76. The van der Waals surface area contributed by atoms with Crippen molar-refractivity contribution in [3.63, 3.8) is 0 Å². The van der Waals surface area contributed by atoms with Crippen molar-refractivity contribution in [3.8, 4) is 5.75 Å². The van der Waals surface area contributed by atoms with Gasteiger partial charge in [-0.1, -0.05) is 12.1 Å². The van der Waals surface area contributed by atoms with E-state index in [1.807, 2.05) is 44.2 Å². The molecule has 0 bridgehead atoms. The minimum Gasteiger partial charge on any atom is -0.490 e. The second-order valence-electron chi connectivity index (χ2n) is 5.35. The summed E-state index contributed by atoms with van der Waals surface area (Å²) in [4.78, 5) is 0. The second kappa shape index (κ2) is 5.31. The van der Waals surface area contributed by atoms with Crippen LogP contribution in [-0.2, 0) is 0 Å². The van der Waals surface area contributed by atoms with Gasteiger partial charge in [-0.05, 0) is 50.5 Å². The molecule has 106 valence electrons. The van der Waals surface area contributed by atoms with Crippen LogP contribution < -0.4 is 16.0 Å². The maximum absolute atomic E-state index is 5.76. The Morgan fingerprint density at radius 1 is 1.25 bits per heavy atom. The number of nitrogens with one attached hydrogen (secondary N) is 1. The Bertz CT molecular complexity index is 585. The average Bonchev–Trinajstić information content (AvgIpc) is 3.18. The van der Waals surface area contributed by atoms with Gasteiger partial charge in [0, 0.05) is 5.56 Å². The molecule has 0 amide bonds. The zero-order valence-electron chi connectivity index (χ0n) is 11.8. The van der Waals surface area contributed by atoms with Crippen LogP contribution in [0.5, 0.6) is 5.75 Å². The number of rotatable bonds is 5. The fraction of sp³-hybridized carbons (Fsp3) is 0.375. The molecule has 1 aliphatic carbocycles. The van der Waals surface area contributed by atoms with Crippen molar-refractivity contribution in [1.82, 2.24) is 5.43 Å². The second-order valence-corrected chi connectivity index (χ2v) is 5.35. The summed E-state index contributed by atoms with van der Waals surface area (Å²) in [6, 6.07) is 10.0. The molecule has 1 aromatic carbocycles. The lowest BCUT2D eigenvalue weighted by Gasteiger charge is -2.16. The first-order chi connectivity index (χ1) is 9.67. The first-order valence-electron chi connectivity index (χ1n) is 6.97. The molecule has 3 rings (SSSR count). The van der Waals surface area contributed by atoms with Crippen LogP contribution in [0, 0.1) is 13.8 Å². The summed E-state index contributed by atoms with van der Waals surface area (Å²) in [5.41, 5.74) is 5.03. The summed E-state index contributed by atoms with van der Waals surface area (Å²) in [5.74, 6) is 8.43. The van der Waals surface area contributed by atoms with Crippen molar-refractivity contribution in [3.05, 3.63) is 53.0 Å². The molecule has 1 fully saturated rings. The maximum Gasteiger partial charge on any atom is 0.119 e. The molecule has 4 heteroatoms. The van der Waals surface area contributed by atoms with Crippen molar-refractivity contribution in [2.75, 3.05) is 0 Å². The summed E-state index contributed by atoms with van der Waals surface area (Å²) in [7, 11) is 0. The number of benzene rings is 1. The Morgan fingerprint density at radius 3 is 2.45 bits per heavy atom. The smallest absolute Gasteiger partial charge is 0.119 e. The Kier molecular flexibility index (Phi) is 3.51. The lowest BCUT2D eigenvalue weighted by molar-refractivity contribution is 0.303. The van der Waals surface area contributed by atoms with Gasteiger partial charge in [-0.15, -0.1) is 0 Å². The molecule has 1 aliphatic rings. The third-order valence-electron chi connectivity index (χ3n) is 3.60. The van der Waals surface area contributed by atoms with Gasteiger partial charge in [0.2, 0.25) is 0 Å². The standard InChI is InChI=1S/C16H20N2O2/c1-10-9-15(11(2)19-10)16(18-17)12-3-5-13(6-4-12)20-14-7-8-14/h3-6,9,14,16,18H,7-8,17H2,1-2H3. The maximum atomic E-state index is 5.76. The topological polar surface area (TPSA) is 60.4 Å². The highest BCUT2D eigenvalue weighted by Crippen LogP contribution is 2.30. The fourth-order valence-electron chi connectivity index (χ4n) is 2.42. The van der Waals surface area contributed by atoms with Gasteiger partial charge in [0.1, 0.15) is 17.3 Å². The van der Waals surface area contributed by atoms with E-state index in [0.717, 1.165) is 28.4 Å². The molecular weight excluding hydrogens is 252 g/mol. The first kappa shape index (κ1) is 13.2. The van der Waals surface area contributed by atoms with E-state index in [-0.39, 0.29) is 6.04 Å². The van der Waals surface area contributed by atoms with E-state index in [2.05, 4.69) is 5.43 Å². The van der Waals surface area contributed by atoms with Gasteiger partial charge < -0.3 is 9.15 Å². The van der Waals surface area contributed by atoms with E-state index in [4.69, 9.17) is 15.0 Å². The predicted octanol–water partition coefficient (Wildman–Crippen LogP) is 2.99. The predicted molar refractivity (Wildman–Crippen MR) is 77.4 cm³/mol. The van der Waals surface area contributed by atoms with Crippen LogP contribution in [0.25, 0.3) is 0 Å². The number of hydrogen-bond donors (Lipinski definition) is 2. The minimum atomic E-state index is -0.0672. The quantitative estimate of drug-likeness (QED) is 0.649. The van der Waals surface area contributed by atoms with Gasteiger partial charge in [0.25, 0.3) is 0 Å². The number of hydrazine groups is 1. The van der Waals surface area contributed by atoms with Crippen LogP contribution >= 0.6 is 0 Å². The van der Waals surface area contributed by atoms with Crippen molar-refractivity contribution >= 4 is 0 Å². The van der Waals surface area contributed by atoms with Gasteiger partial charge in [0.15, 0.2) is 0 Å². The molecule has 1 saturated carbocycles. The number of ether oxygens (including phenoxy) is 1. The molecule has 0 spiro atoms. The molecule has 0 aliphatic heterocycles. The Balaban J connectivity index is 1.83. The van der Waals surface area contributed by atoms with E-state index >= 15 is 0 Å². The first-order valence-corrected chi connectivity index (χ1v) is 6.97. The number of nitrogens with two attached hydrogens (primary N) is 1. The highest BCUT2D eigenvalue weighted by Gasteiger charge is 2.23. The van der Waals surface area contributed by atoms with Gasteiger partial charge in [-0.3, -0.25) is 5.84 Å². The molecule has 2 aromatic rings. The van der Waals surface area contributed by atoms with E-state index in [1.54, 1.807) is 0 Å². The fourth-order valence-corrected chi connectivity index (χ4v) is 2.42. The van der Waals surface area contributed by atoms with Crippen LogP contribution in [-0.4, -0.2) is 6.10 Å². The van der Waals surface area contributed by atoms with Gasteiger partial charge in [-0.25, -0.2) is 5.43 Å². The zero-order valence-corrected chi connectivity index (χ0v) is 11.8. The number of hydrogen-bond acceptors (Lipinski definition) is 4. The molecule has 0 radical (unpaired) electrons. The van der Waals surface area contributed by atoms with E-state index in [0.29, 0.717) is 6.10 Å². The molecule has 0 saturated heterocycles. The summed E-state index contributed by atoms with van der Waals surface area (Å²) in [6.45, 7) is 3.90. The molecule has 1 atom stereocenters. The van der Waals surface area contributed by atoms with Gasteiger partial charge in [0.05, 0.1) is 12.1 Å². The van der Waals surface area contributed by atoms with Crippen molar-refractivity contribution in [1.29, 1.82) is 0 Å². The molecule has 20 heavy (non-hydrogen) atoms. The SMILES string of the molecule is Cc1cc(C(NN)c2ccc(OC3CC3)cc2)c(C)o1. The Morgan fingerprint density at radius 2 is 1.95 bits per heavy atom. The summed E-state index contributed by atoms with van der Waals surface area (Å²) in [5, 5.41) is 0. The molecule has 1 aromatic heterocycles. The lowest BCUT2D eigenvalue weighted by atomic mass is 9.99. The van der Waals surface area contributed by atoms with Crippen LogP contribution in [0.15, 0.2) is 34.7 Å². The zero-order chi connectivity index (χ0) is 14.1. The van der Waals surface area contributed by atoms with E-state index in [9.17, 15) is 0 Å². The number of aryl methyl sites for hydroxylation is 2. The molecular formula is C16H20N2O2. The van der Waals surface area contributed by atoms with Crippen molar-refractivity contribution < 1.29 is 9.15 Å². The van der Waals surface area contributed by atoms with Crippen LogP contribution in [0.3, 0.4) is 0 Å². The van der Waals surface area contributed by atoms with Crippen LogP contribution in [0.4, 0.5) is 0 Å². The monoisotopic (exact) mass is 272 g/mol. The summed E-state index contributed by atoms with van der Waals surface area (Å²) >= 11 is 0. The summed E-state index contributed by atoms with van der Waals surface area (Å²) < 4.78 is 11.3. The lowest BCUT2D eigenvalue weighted by Crippen LogP contribution is -2.29. The minimum absolute atomic E-state index is 0.0672. The average molecular weight is 272 g/mol. The molecule has 4 nitrogen and oxygen atoms in total. The van der Waals surface area contributed by atoms with Gasteiger partial charge >= 0.3 is 0 Å². The van der Waals surface area contributed by atoms with Crippen LogP contribution in [0.2, 0.25) is 0 Å². The highest BCUT2D eigenvalue weighted by atomic mass is 16.5. The third kappa shape index (κ3) is 2.71. The third-order valence-corrected chi connectivity index (χ3v) is 3.60. The Hall–Kier alpha value is -1.78. The molecule has 1 heterocycles. The number of furan rings is 1. The van der Waals surface area contributed by atoms with E-state index in [1.165, 1.54) is 12.8 Å². The van der Waals surface area contributed by atoms with Gasteiger partial charge in [-0.2, -0.15) is 0 Å². The highest BCUT2D eigenvalue weighted by molar-refractivity contribution is 5.37. The van der Waals surface area contributed by atoms with Crippen molar-refractivity contribution in [2.24, 2.45) is 5.84 Å². The molecule has 1 unspecified atom stereocenters.